The zero-order chi connectivity index (χ0) is 16.0. The number of aliphatic carboxylic acids is 1. The van der Waals surface area contributed by atoms with Crippen LogP contribution in [0.4, 0.5) is 5.69 Å². The highest BCUT2D eigenvalue weighted by Gasteiger charge is 2.22. The molecule has 0 aliphatic heterocycles. The van der Waals surface area contributed by atoms with Crippen LogP contribution in [0.2, 0.25) is 0 Å². The normalized spacial score (nSPS) is 10.0. The summed E-state index contributed by atoms with van der Waals surface area (Å²) in [4.78, 5) is 37.6. The fraction of sp³-hybridized carbons (Fsp3) is 0.400. The Morgan fingerprint density at radius 2 is 1.81 bits per heavy atom. The highest BCUT2D eigenvalue weighted by atomic mass is 16.4. The van der Waals surface area contributed by atoms with Crippen molar-refractivity contribution in [2.24, 2.45) is 0 Å². The van der Waals surface area contributed by atoms with Crippen LogP contribution >= 0.6 is 0 Å². The Morgan fingerprint density at radius 3 is 2.33 bits per heavy atom. The van der Waals surface area contributed by atoms with Crippen LogP contribution in [0.15, 0.2) is 24.3 Å². The number of carboxylic acid groups (broad SMARTS) is 1. The Kier molecular flexibility index (Phi) is 5.90. The number of amides is 2. The molecule has 21 heavy (non-hydrogen) atoms. The quantitative estimate of drug-likeness (QED) is 0.864. The van der Waals surface area contributed by atoms with Crippen LogP contribution in [0.3, 0.4) is 0 Å². The summed E-state index contributed by atoms with van der Waals surface area (Å²) in [6, 6.07) is 6.68. The topological polar surface area (TPSA) is 77.9 Å². The van der Waals surface area contributed by atoms with Gasteiger partial charge >= 0.3 is 5.97 Å². The number of anilines is 1. The first-order chi connectivity index (χ1) is 9.88. The number of carbonyl (C=O) groups excluding carboxylic acids is 2. The minimum absolute atomic E-state index is 0.199. The van der Waals surface area contributed by atoms with Crippen molar-refractivity contribution in [3.8, 4) is 0 Å². The van der Waals surface area contributed by atoms with Crippen molar-refractivity contribution in [1.82, 2.24) is 4.90 Å². The van der Waals surface area contributed by atoms with Gasteiger partial charge in [0.15, 0.2) is 0 Å². The minimum atomic E-state index is -1.06. The first kappa shape index (κ1) is 16.7. The molecule has 1 N–H and O–H groups in total. The van der Waals surface area contributed by atoms with Gasteiger partial charge in [-0.25, -0.2) is 0 Å². The monoisotopic (exact) mass is 292 g/mol. The molecule has 0 bridgehead atoms. The fourth-order valence-corrected chi connectivity index (χ4v) is 1.97. The van der Waals surface area contributed by atoms with Gasteiger partial charge in [-0.2, -0.15) is 0 Å². The third-order valence-corrected chi connectivity index (χ3v) is 3.08. The Hall–Kier alpha value is -2.37. The number of nitrogens with zero attached hydrogens (tertiary/aromatic N) is 2. The van der Waals surface area contributed by atoms with Gasteiger partial charge in [-0.15, -0.1) is 0 Å². The molecule has 0 unspecified atom stereocenters. The molecule has 0 radical (unpaired) electrons. The lowest BCUT2D eigenvalue weighted by Gasteiger charge is -2.24. The first-order valence-corrected chi connectivity index (χ1v) is 6.72. The Labute approximate surface area is 124 Å². The zero-order valence-electron chi connectivity index (χ0n) is 12.5. The average Bonchev–Trinajstić information content (AvgIpc) is 2.44. The second kappa shape index (κ2) is 7.42. The van der Waals surface area contributed by atoms with Crippen molar-refractivity contribution in [1.29, 1.82) is 0 Å². The zero-order valence-corrected chi connectivity index (χ0v) is 12.5. The van der Waals surface area contributed by atoms with Crippen molar-refractivity contribution in [3.63, 3.8) is 0 Å². The summed E-state index contributed by atoms with van der Waals surface area (Å²) < 4.78 is 0. The van der Waals surface area contributed by atoms with Crippen molar-refractivity contribution in [3.05, 3.63) is 29.8 Å². The number of hydrogen-bond donors (Lipinski definition) is 1. The molecule has 6 nitrogen and oxygen atoms in total. The largest absolute Gasteiger partial charge is 0.480 e. The van der Waals surface area contributed by atoms with Gasteiger partial charge in [-0.05, 0) is 18.6 Å². The average molecular weight is 292 g/mol. The van der Waals surface area contributed by atoms with Crippen molar-refractivity contribution >= 4 is 23.5 Å². The number of rotatable bonds is 6. The summed E-state index contributed by atoms with van der Waals surface area (Å²) in [6.07, 6.45) is 0.656. The molecule has 1 aromatic carbocycles. The molecule has 1 aromatic rings. The van der Waals surface area contributed by atoms with E-state index in [0.29, 0.717) is 24.2 Å². The van der Waals surface area contributed by atoms with Gasteiger partial charge in [0, 0.05) is 20.5 Å². The first-order valence-electron chi connectivity index (χ1n) is 6.72. The maximum Gasteiger partial charge on any atom is 0.323 e. The maximum absolute atomic E-state index is 12.5. The molecule has 0 atom stereocenters. The van der Waals surface area contributed by atoms with Gasteiger partial charge in [0.1, 0.15) is 6.54 Å². The van der Waals surface area contributed by atoms with Crippen molar-refractivity contribution < 1.29 is 19.5 Å². The van der Waals surface area contributed by atoms with E-state index in [1.165, 1.54) is 16.7 Å². The molecule has 0 saturated heterocycles. The molecule has 6 heteroatoms. The van der Waals surface area contributed by atoms with E-state index in [2.05, 4.69) is 0 Å². The fourth-order valence-electron chi connectivity index (χ4n) is 1.97. The van der Waals surface area contributed by atoms with Crippen LogP contribution in [0.25, 0.3) is 0 Å². The van der Waals surface area contributed by atoms with E-state index in [-0.39, 0.29) is 18.4 Å². The van der Waals surface area contributed by atoms with E-state index in [1.54, 1.807) is 31.3 Å². The van der Waals surface area contributed by atoms with E-state index in [4.69, 9.17) is 5.11 Å². The molecule has 0 fully saturated rings. The summed E-state index contributed by atoms with van der Waals surface area (Å²) in [5, 5.41) is 8.91. The van der Waals surface area contributed by atoms with E-state index in [9.17, 15) is 14.4 Å². The number of carboxylic acids is 1. The molecular weight excluding hydrogens is 272 g/mol. The molecular formula is C15H20N2O4. The molecule has 0 aliphatic carbocycles. The summed E-state index contributed by atoms with van der Waals surface area (Å²) in [5.41, 5.74) is 0.798. The van der Waals surface area contributed by atoms with Gasteiger partial charge in [-0.3, -0.25) is 14.4 Å². The lowest BCUT2D eigenvalue weighted by molar-refractivity contribution is -0.137. The van der Waals surface area contributed by atoms with Gasteiger partial charge in [0.25, 0.3) is 5.91 Å². The molecule has 0 saturated carbocycles. The smallest absolute Gasteiger partial charge is 0.323 e. The van der Waals surface area contributed by atoms with Crippen LogP contribution < -0.4 is 4.90 Å². The molecule has 2 amide bonds. The van der Waals surface area contributed by atoms with Crippen LogP contribution in [-0.2, 0) is 9.59 Å². The second-order valence-corrected chi connectivity index (χ2v) is 4.72. The van der Waals surface area contributed by atoms with E-state index in [1.807, 2.05) is 6.92 Å². The Bertz CT molecular complexity index is 542. The number of carbonyl (C=O) groups is 3. The molecule has 114 valence electrons. The lowest BCUT2D eigenvalue weighted by atomic mass is 10.1. The van der Waals surface area contributed by atoms with Crippen molar-refractivity contribution in [2.45, 2.75) is 20.3 Å². The van der Waals surface area contributed by atoms with E-state index in [0.717, 1.165) is 0 Å². The third kappa shape index (κ3) is 4.30. The molecule has 0 heterocycles. The standard InChI is InChI=1S/C15H20N2O4/c1-4-9-17(10-14(19)20)15(21)12-7-5-6-8-13(12)16(3)11(2)18/h5-8H,4,9-10H2,1-3H3,(H,19,20). The highest BCUT2D eigenvalue weighted by molar-refractivity contribution is 6.04. The van der Waals surface area contributed by atoms with Crippen LogP contribution in [0.1, 0.15) is 30.6 Å². The number of hydrogen-bond acceptors (Lipinski definition) is 3. The van der Waals surface area contributed by atoms with Crippen LogP contribution in [0.5, 0.6) is 0 Å². The van der Waals surface area contributed by atoms with E-state index >= 15 is 0 Å². The van der Waals surface area contributed by atoms with Gasteiger partial charge < -0.3 is 14.9 Å². The molecule has 0 spiro atoms. The molecule has 1 rings (SSSR count). The highest BCUT2D eigenvalue weighted by Crippen LogP contribution is 2.21. The maximum atomic E-state index is 12.5. The summed E-state index contributed by atoms with van der Waals surface area (Å²) in [5.74, 6) is -1.65. The summed E-state index contributed by atoms with van der Waals surface area (Å²) >= 11 is 0. The van der Waals surface area contributed by atoms with Gasteiger partial charge in [0.2, 0.25) is 5.91 Å². The van der Waals surface area contributed by atoms with Gasteiger partial charge in [-0.1, -0.05) is 19.1 Å². The summed E-state index contributed by atoms with van der Waals surface area (Å²) in [7, 11) is 1.58. The third-order valence-electron chi connectivity index (χ3n) is 3.08. The summed E-state index contributed by atoms with van der Waals surface area (Å²) in [6.45, 7) is 3.27. The van der Waals surface area contributed by atoms with Crippen LogP contribution in [0, 0.1) is 0 Å². The minimum Gasteiger partial charge on any atom is -0.480 e. The predicted octanol–water partition coefficient (Wildman–Crippen LogP) is 1.61. The lowest BCUT2D eigenvalue weighted by Crippen LogP contribution is -2.37. The Balaban J connectivity index is 3.15. The number of para-hydroxylation sites is 1. The SMILES string of the molecule is CCCN(CC(=O)O)C(=O)c1ccccc1N(C)C(C)=O. The molecule has 0 aromatic heterocycles. The second-order valence-electron chi connectivity index (χ2n) is 4.72. The number of benzene rings is 1. The predicted molar refractivity (Wildman–Crippen MR) is 79.4 cm³/mol. The van der Waals surface area contributed by atoms with Crippen LogP contribution in [-0.4, -0.2) is 47.9 Å². The van der Waals surface area contributed by atoms with Crippen molar-refractivity contribution in [2.75, 3.05) is 25.0 Å². The molecule has 0 aliphatic rings. The van der Waals surface area contributed by atoms with Gasteiger partial charge in [0.05, 0.1) is 11.3 Å². The van der Waals surface area contributed by atoms with E-state index < -0.39 is 5.97 Å². The Morgan fingerprint density at radius 1 is 1.19 bits per heavy atom.